The van der Waals surface area contributed by atoms with Crippen molar-refractivity contribution in [2.45, 2.75) is 6.17 Å². The van der Waals surface area contributed by atoms with Crippen molar-refractivity contribution in [1.29, 1.82) is 0 Å². The van der Waals surface area contributed by atoms with E-state index in [0.717, 1.165) is 10.6 Å². The van der Waals surface area contributed by atoms with Crippen LogP contribution >= 0.6 is 11.3 Å². The predicted molar refractivity (Wildman–Crippen MR) is 85.6 cm³/mol. The van der Waals surface area contributed by atoms with E-state index in [9.17, 15) is 9.18 Å². The van der Waals surface area contributed by atoms with Gasteiger partial charge in [-0.25, -0.2) is 14.4 Å². The zero-order valence-electron chi connectivity index (χ0n) is 11.8. The average Bonchev–Trinajstić information content (AvgIpc) is 3.05. The standard InChI is InChI=1S/C16H11FN4OS/c17-10-5-3-9(4-6-10)16-19-12(8-23-16)14-20-13-11(15(22)21-14)2-1-7-18-13/h1-8,14H,(H,18,20)(H,21,22)/t14-/m1/s1. The number of fused-ring (bicyclic) bond motifs is 1. The minimum absolute atomic E-state index is 0.187. The molecule has 0 saturated carbocycles. The Hall–Kier alpha value is -2.80. The number of aromatic nitrogens is 2. The van der Waals surface area contributed by atoms with Gasteiger partial charge in [-0.15, -0.1) is 11.3 Å². The highest BCUT2D eigenvalue weighted by Gasteiger charge is 2.26. The first-order valence-electron chi connectivity index (χ1n) is 6.94. The van der Waals surface area contributed by atoms with E-state index < -0.39 is 6.17 Å². The van der Waals surface area contributed by atoms with E-state index in [-0.39, 0.29) is 11.7 Å². The number of nitrogens with zero attached hydrogens (tertiary/aromatic N) is 2. The average molecular weight is 326 g/mol. The van der Waals surface area contributed by atoms with E-state index in [4.69, 9.17) is 0 Å². The van der Waals surface area contributed by atoms with E-state index in [0.29, 0.717) is 17.1 Å². The van der Waals surface area contributed by atoms with Gasteiger partial charge in [-0.05, 0) is 36.4 Å². The Morgan fingerprint density at radius 3 is 2.78 bits per heavy atom. The molecule has 0 radical (unpaired) electrons. The Bertz CT molecular complexity index is 878. The Morgan fingerprint density at radius 1 is 1.13 bits per heavy atom. The number of anilines is 1. The lowest BCUT2D eigenvalue weighted by Gasteiger charge is -2.25. The topological polar surface area (TPSA) is 66.9 Å². The highest BCUT2D eigenvalue weighted by molar-refractivity contribution is 7.13. The van der Waals surface area contributed by atoms with Crippen LogP contribution in [-0.4, -0.2) is 15.9 Å². The lowest BCUT2D eigenvalue weighted by atomic mass is 10.1. The number of carbonyl (C=O) groups is 1. The van der Waals surface area contributed by atoms with Gasteiger partial charge in [0.05, 0.1) is 11.3 Å². The largest absolute Gasteiger partial charge is 0.344 e. The molecule has 0 saturated heterocycles. The van der Waals surface area contributed by atoms with Crippen LogP contribution in [0.2, 0.25) is 0 Å². The zero-order valence-corrected chi connectivity index (χ0v) is 12.6. The molecule has 2 aromatic heterocycles. The van der Waals surface area contributed by atoms with Gasteiger partial charge in [-0.2, -0.15) is 0 Å². The van der Waals surface area contributed by atoms with Crippen molar-refractivity contribution in [2.75, 3.05) is 5.32 Å². The molecule has 1 aliphatic rings. The SMILES string of the molecule is O=C1N[C@H](c2csc(-c3ccc(F)cc3)n2)Nc2ncccc21. The van der Waals surface area contributed by atoms with Gasteiger partial charge >= 0.3 is 0 Å². The minimum Gasteiger partial charge on any atom is -0.344 e. The third kappa shape index (κ3) is 2.55. The second-order valence-corrected chi connectivity index (χ2v) is 5.89. The van der Waals surface area contributed by atoms with Crippen LogP contribution in [0.5, 0.6) is 0 Å². The number of benzene rings is 1. The number of halogens is 1. The minimum atomic E-state index is -0.435. The molecule has 0 bridgehead atoms. The molecule has 7 heteroatoms. The van der Waals surface area contributed by atoms with Gasteiger partial charge in [-0.3, -0.25) is 4.79 Å². The van der Waals surface area contributed by atoms with Gasteiger partial charge < -0.3 is 10.6 Å². The van der Waals surface area contributed by atoms with Crippen molar-refractivity contribution < 1.29 is 9.18 Å². The van der Waals surface area contributed by atoms with Crippen molar-refractivity contribution >= 4 is 23.1 Å². The monoisotopic (exact) mass is 326 g/mol. The van der Waals surface area contributed by atoms with Crippen molar-refractivity contribution in [2.24, 2.45) is 0 Å². The molecule has 1 amide bonds. The Morgan fingerprint density at radius 2 is 1.96 bits per heavy atom. The number of thiazole rings is 1. The quantitative estimate of drug-likeness (QED) is 0.759. The summed E-state index contributed by atoms with van der Waals surface area (Å²) in [5.74, 6) is 0.0696. The van der Waals surface area contributed by atoms with Crippen molar-refractivity contribution in [3.63, 3.8) is 0 Å². The molecule has 2 N–H and O–H groups in total. The summed E-state index contributed by atoms with van der Waals surface area (Å²) in [6, 6.07) is 9.60. The fourth-order valence-electron chi connectivity index (χ4n) is 2.38. The highest BCUT2D eigenvalue weighted by Crippen LogP contribution is 2.29. The van der Waals surface area contributed by atoms with Crippen LogP contribution in [0, 0.1) is 5.82 Å². The number of carbonyl (C=O) groups excluding carboxylic acids is 1. The first kappa shape index (κ1) is 13.8. The first-order chi connectivity index (χ1) is 11.2. The summed E-state index contributed by atoms with van der Waals surface area (Å²) in [5, 5.41) is 8.65. The maximum atomic E-state index is 13.0. The van der Waals surface area contributed by atoms with Gasteiger partial charge in [-0.1, -0.05) is 0 Å². The molecule has 0 aliphatic carbocycles. The summed E-state index contributed by atoms with van der Waals surface area (Å²) in [6.07, 6.45) is 1.20. The molecule has 114 valence electrons. The van der Waals surface area contributed by atoms with E-state index in [1.807, 2.05) is 5.38 Å². The summed E-state index contributed by atoms with van der Waals surface area (Å²) in [4.78, 5) is 20.8. The lowest BCUT2D eigenvalue weighted by molar-refractivity contribution is 0.0934. The predicted octanol–water partition coefficient (Wildman–Crippen LogP) is 3.20. The van der Waals surface area contributed by atoms with Crippen molar-refractivity contribution in [1.82, 2.24) is 15.3 Å². The van der Waals surface area contributed by atoms with Gasteiger partial charge in [0.2, 0.25) is 0 Å². The van der Waals surface area contributed by atoms with Crippen LogP contribution in [0.3, 0.4) is 0 Å². The molecular formula is C16H11FN4OS. The zero-order chi connectivity index (χ0) is 15.8. The number of nitrogens with one attached hydrogen (secondary N) is 2. The van der Waals surface area contributed by atoms with Gasteiger partial charge in [0.1, 0.15) is 22.8 Å². The molecule has 4 rings (SSSR count). The number of hydrogen-bond donors (Lipinski definition) is 2. The van der Waals surface area contributed by atoms with Gasteiger partial charge in [0, 0.05) is 17.1 Å². The molecule has 1 aromatic carbocycles. The maximum Gasteiger partial charge on any atom is 0.256 e. The van der Waals surface area contributed by atoms with Crippen LogP contribution < -0.4 is 10.6 Å². The van der Waals surface area contributed by atoms with Crippen molar-refractivity contribution in [3.05, 3.63) is 65.0 Å². The fourth-order valence-corrected chi connectivity index (χ4v) is 3.23. The molecule has 5 nitrogen and oxygen atoms in total. The first-order valence-corrected chi connectivity index (χ1v) is 7.82. The third-order valence-corrected chi connectivity index (χ3v) is 4.43. The summed E-state index contributed by atoms with van der Waals surface area (Å²) >= 11 is 1.44. The second kappa shape index (κ2) is 5.44. The van der Waals surface area contributed by atoms with Crippen LogP contribution in [0.1, 0.15) is 22.2 Å². The summed E-state index contributed by atoms with van der Waals surface area (Å²) in [7, 11) is 0. The molecular weight excluding hydrogens is 315 g/mol. The number of hydrogen-bond acceptors (Lipinski definition) is 5. The highest BCUT2D eigenvalue weighted by atomic mass is 32.1. The number of rotatable bonds is 2. The fraction of sp³-hybridized carbons (Fsp3) is 0.0625. The maximum absolute atomic E-state index is 13.0. The Balaban J connectivity index is 1.63. The molecule has 0 fully saturated rings. The smallest absolute Gasteiger partial charge is 0.256 e. The molecule has 1 aliphatic heterocycles. The molecule has 1 atom stereocenters. The Labute approximate surface area is 135 Å². The van der Waals surface area contributed by atoms with Crippen LogP contribution in [-0.2, 0) is 0 Å². The number of pyridine rings is 1. The Kier molecular flexibility index (Phi) is 3.27. The van der Waals surface area contributed by atoms with E-state index >= 15 is 0 Å². The van der Waals surface area contributed by atoms with Gasteiger partial charge in [0.25, 0.3) is 5.91 Å². The normalized spacial score (nSPS) is 16.4. The molecule has 23 heavy (non-hydrogen) atoms. The summed E-state index contributed by atoms with van der Waals surface area (Å²) in [5.41, 5.74) is 2.04. The summed E-state index contributed by atoms with van der Waals surface area (Å²) in [6.45, 7) is 0. The van der Waals surface area contributed by atoms with Crippen LogP contribution in [0.4, 0.5) is 10.2 Å². The van der Waals surface area contributed by atoms with E-state index in [2.05, 4.69) is 20.6 Å². The molecule has 3 heterocycles. The molecule has 0 unspecified atom stereocenters. The van der Waals surface area contributed by atoms with Crippen molar-refractivity contribution in [3.8, 4) is 10.6 Å². The molecule has 0 spiro atoms. The number of amides is 1. The van der Waals surface area contributed by atoms with E-state index in [1.54, 1.807) is 30.5 Å². The molecule has 3 aromatic rings. The van der Waals surface area contributed by atoms with Crippen LogP contribution in [0.25, 0.3) is 10.6 Å². The van der Waals surface area contributed by atoms with Gasteiger partial charge in [0.15, 0.2) is 0 Å². The van der Waals surface area contributed by atoms with Crippen LogP contribution in [0.15, 0.2) is 48.0 Å². The second-order valence-electron chi connectivity index (χ2n) is 5.03. The van der Waals surface area contributed by atoms with E-state index in [1.165, 1.54) is 23.5 Å². The summed E-state index contributed by atoms with van der Waals surface area (Å²) < 4.78 is 13.0. The lowest BCUT2D eigenvalue weighted by Crippen LogP contribution is -2.39. The third-order valence-electron chi connectivity index (χ3n) is 3.52.